The van der Waals surface area contributed by atoms with Gasteiger partial charge in [0.1, 0.15) is 0 Å². The van der Waals surface area contributed by atoms with Crippen LogP contribution < -0.4 is 11.3 Å². The van der Waals surface area contributed by atoms with Gasteiger partial charge >= 0.3 is 0 Å². The van der Waals surface area contributed by atoms with Crippen LogP contribution in [0.4, 0.5) is 5.69 Å². The maximum absolute atomic E-state index is 12.1. The van der Waals surface area contributed by atoms with Crippen LogP contribution in [0.2, 0.25) is 0 Å². The van der Waals surface area contributed by atoms with E-state index >= 15 is 0 Å². The number of aromatic amines is 1. The van der Waals surface area contributed by atoms with Crippen LogP contribution in [0.3, 0.4) is 0 Å². The molecule has 1 aromatic heterocycles. The Balaban J connectivity index is 2.09. The molecule has 2 aromatic rings. The van der Waals surface area contributed by atoms with Crippen LogP contribution in [0.25, 0.3) is 0 Å². The Hall–Kier alpha value is -2.56. The van der Waals surface area contributed by atoms with Crippen LogP contribution in [0.15, 0.2) is 47.4 Å². The zero-order chi connectivity index (χ0) is 13.8. The highest BCUT2D eigenvalue weighted by molar-refractivity contribution is 5.93. The molecule has 0 saturated heterocycles. The van der Waals surface area contributed by atoms with Crippen LogP contribution in [0.1, 0.15) is 15.9 Å². The predicted molar refractivity (Wildman–Crippen MR) is 73.7 cm³/mol. The highest BCUT2D eigenvalue weighted by Gasteiger charge is 2.11. The van der Waals surface area contributed by atoms with E-state index in [1.165, 1.54) is 18.3 Å². The molecule has 5 nitrogen and oxygen atoms in total. The number of pyridine rings is 1. The number of nitrogens with zero attached hydrogens (tertiary/aromatic N) is 1. The molecular weight excluding hydrogens is 242 g/mol. The summed E-state index contributed by atoms with van der Waals surface area (Å²) in [5.41, 5.74) is 7.53. The Bertz CT molecular complexity index is 611. The Labute approximate surface area is 110 Å². The first-order chi connectivity index (χ1) is 9.06. The summed E-state index contributed by atoms with van der Waals surface area (Å²) < 4.78 is 0. The molecule has 0 bridgehead atoms. The van der Waals surface area contributed by atoms with Crippen LogP contribution in [0, 0.1) is 0 Å². The van der Waals surface area contributed by atoms with E-state index < -0.39 is 0 Å². The van der Waals surface area contributed by atoms with E-state index in [1.54, 1.807) is 24.1 Å². The quantitative estimate of drug-likeness (QED) is 0.812. The molecule has 5 heteroatoms. The second kappa shape index (κ2) is 5.39. The van der Waals surface area contributed by atoms with E-state index in [1.807, 2.05) is 12.1 Å². The Kier molecular flexibility index (Phi) is 3.66. The molecule has 0 saturated carbocycles. The largest absolute Gasteiger partial charge is 0.399 e. The zero-order valence-electron chi connectivity index (χ0n) is 10.6. The number of amides is 1. The summed E-state index contributed by atoms with van der Waals surface area (Å²) in [6.45, 7) is 0.484. The Morgan fingerprint density at radius 2 is 1.89 bits per heavy atom. The first-order valence-corrected chi connectivity index (χ1v) is 5.85. The van der Waals surface area contributed by atoms with E-state index in [-0.39, 0.29) is 11.5 Å². The fourth-order valence-corrected chi connectivity index (χ4v) is 1.73. The third-order valence-corrected chi connectivity index (χ3v) is 2.78. The minimum Gasteiger partial charge on any atom is -0.399 e. The van der Waals surface area contributed by atoms with Gasteiger partial charge in [-0.15, -0.1) is 0 Å². The molecule has 0 unspecified atom stereocenters. The SMILES string of the molecule is CN(Cc1ccc(N)cc1)C(=O)c1ccc(=O)[nH]c1. The highest BCUT2D eigenvalue weighted by Crippen LogP contribution is 2.09. The molecular formula is C14H15N3O2. The number of H-pyrrole nitrogens is 1. The third-order valence-electron chi connectivity index (χ3n) is 2.78. The summed E-state index contributed by atoms with van der Waals surface area (Å²) in [6, 6.07) is 10.2. The van der Waals surface area contributed by atoms with Gasteiger partial charge in [-0.25, -0.2) is 0 Å². The number of hydrogen-bond donors (Lipinski definition) is 2. The lowest BCUT2D eigenvalue weighted by Crippen LogP contribution is -2.26. The molecule has 1 amide bonds. The van der Waals surface area contributed by atoms with Crippen LogP contribution >= 0.6 is 0 Å². The number of aromatic nitrogens is 1. The van der Waals surface area contributed by atoms with E-state index in [0.29, 0.717) is 17.8 Å². The van der Waals surface area contributed by atoms with Crippen molar-refractivity contribution in [2.75, 3.05) is 12.8 Å². The summed E-state index contributed by atoms with van der Waals surface area (Å²) >= 11 is 0. The van der Waals surface area contributed by atoms with E-state index in [9.17, 15) is 9.59 Å². The summed E-state index contributed by atoms with van der Waals surface area (Å²) in [5, 5.41) is 0. The standard InChI is InChI=1S/C14H15N3O2/c1-17(9-10-2-5-12(15)6-3-10)14(19)11-4-7-13(18)16-8-11/h2-8H,9,15H2,1H3,(H,16,18). The minimum atomic E-state index is -0.224. The second-order valence-corrected chi connectivity index (χ2v) is 4.34. The molecule has 0 aliphatic rings. The van der Waals surface area contributed by atoms with Crippen LogP contribution in [-0.2, 0) is 6.54 Å². The lowest BCUT2D eigenvalue weighted by molar-refractivity contribution is 0.0784. The molecule has 0 radical (unpaired) electrons. The number of anilines is 1. The van der Waals surface area contributed by atoms with Crippen molar-refractivity contribution >= 4 is 11.6 Å². The fourth-order valence-electron chi connectivity index (χ4n) is 1.73. The molecule has 0 fully saturated rings. The van der Waals surface area contributed by atoms with Crippen molar-refractivity contribution in [1.29, 1.82) is 0 Å². The monoisotopic (exact) mass is 257 g/mol. The van der Waals surface area contributed by atoms with Gasteiger partial charge in [0, 0.05) is 31.5 Å². The minimum absolute atomic E-state index is 0.145. The van der Waals surface area contributed by atoms with Crippen molar-refractivity contribution in [3.05, 3.63) is 64.1 Å². The second-order valence-electron chi connectivity index (χ2n) is 4.34. The number of carbonyl (C=O) groups excluding carboxylic acids is 1. The maximum atomic E-state index is 12.1. The smallest absolute Gasteiger partial charge is 0.255 e. The van der Waals surface area contributed by atoms with Crippen molar-refractivity contribution in [3.8, 4) is 0 Å². The van der Waals surface area contributed by atoms with Gasteiger partial charge in [0.2, 0.25) is 5.56 Å². The van der Waals surface area contributed by atoms with Gasteiger partial charge in [0.25, 0.3) is 5.91 Å². The van der Waals surface area contributed by atoms with E-state index in [0.717, 1.165) is 5.56 Å². The average molecular weight is 257 g/mol. The summed E-state index contributed by atoms with van der Waals surface area (Å²) in [6.07, 6.45) is 1.42. The predicted octanol–water partition coefficient (Wildman–Crippen LogP) is 1.23. The van der Waals surface area contributed by atoms with Gasteiger partial charge in [0.05, 0.1) is 5.56 Å². The van der Waals surface area contributed by atoms with Crippen molar-refractivity contribution in [2.24, 2.45) is 0 Å². The Morgan fingerprint density at radius 1 is 1.21 bits per heavy atom. The molecule has 3 N–H and O–H groups in total. The van der Waals surface area contributed by atoms with Gasteiger partial charge in [0.15, 0.2) is 0 Å². The van der Waals surface area contributed by atoms with Crippen molar-refractivity contribution in [2.45, 2.75) is 6.54 Å². The first-order valence-electron chi connectivity index (χ1n) is 5.85. The zero-order valence-corrected chi connectivity index (χ0v) is 10.6. The number of hydrogen-bond acceptors (Lipinski definition) is 3. The van der Waals surface area contributed by atoms with E-state index in [4.69, 9.17) is 5.73 Å². The molecule has 1 aromatic carbocycles. The first kappa shape index (κ1) is 12.9. The van der Waals surface area contributed by atoms with Gasteiger partial charge in [-0.2, -0.15) is 0 Å². The molecule has 2 rings (SSSR count). The normalized spacial score (nSPS) is 10.2. The van der Waals surface area contributed by atoms with Gasteiger partial charge < -0.3 is 15.6 Å². The van der Waals surface area contributed by atoms with Gasteiger partial charge in [-0.05, 0) is 23.8 Å². The molecule has 0 aliphatic heterocycles. The lowest BCUT2D eigenvalue weighted by atomic mass is 10.2. The third kappa shape index (κ3) is 3.22. The molecule has 0 aliphatic carbocycles. The number of nitrogens with one attached hydrogen (secondary N) is 1. The molecule has 19 heavy (non-hydrogen) atoms. The summed E-state index contributed by atoms with van der Waals surface area (Å²) in [7, 11) is 1.71. The van der Waals surface area contributed by atoms with Crippen molar-refractivity contribution in [1.82, 2.24) is 9.88 Å². The summed E-state index contributed by atoms with van der Waals surface area (Å²) in [5.74, 6) is -0.145. The lowest BCUT2D eigenvalue weighted by Gasteiger charge is -2.17. The molecule has 0 atom stereocenters. The number of nitrogens with two attached hydrogens (primary N) is 1. The van der Waals surface area contributed by atoms with Crippen LogP contribution in [0.5, 0.6) is 0 Å². The highest BCUT2D eigenvalue weighted by atomic mass is 16.2. The average Bonchev–Trinajstić information content (AvgIpc) is 2.41. The number of nitrogen functional groups attached to an aromatic ring is 1. The van der Waals surface area contributed by atoms with Crippen molar-refractivity contribution in [3.63, 3.8) is 0 Å². The molecule has 0 spiro atoms. The molecule has 1 heterocycles. The van der Waals surface area contributed by atoms with Crippen molar-refractivity contribution < 1.29 is 4.79 Å². The van der Waals surface area contributed by atoms with Gasteiger partial charge in [-0.1, -0.05) is 12.1 Å². The number of benzene rings is 1. The maximum Gasteiger partial charge on any atom is 0.255 e. The topological polar surface area (TPSA) is 79.2 Å². The fraction of sp³-hybridized carbons (Fsp3) is 0.143. The Morgan fingerprint density at radius 3 is 2.47 bits per heavy atom. The molecule has 98 valence electrons. The number of carbonyl (C=O) groups is 1. The van der Waals surface area contributed by atoms with Gasteiger partial charge in [-0.3, -0.25) is 9.59 Å². The van der Waals surface area contributed by atoms with E-state index in [2.05, 4.69) is 4.98 Å². The number of rotatable bonds is 3. The summed E-state index contributed by atoms with van der Waals surface area (Å²) in [4.78, 5) is 27.1. The van der Waals surface area contributed by atoms with Crippen LogP contribution in [-0.4, -0.2) is 22.8 Å².